The fourth-order valence-electron chi connectivity index (χ4n) is 4.25. The number of aryl methyl sites for hydroxylation is 1. The van der Waals surface area contributed by atoms with Crippen molar-refractivity contribution in [1.29, 1.82) is 0 Å². The molecule has 0 aromatic heterocycles. The highest BCUT2D eigenvalue weighted by Gasteiger charge is 2.17. The van der Waals surface area contributed by atoms with Crippen LogP contribution in [0.1, 0.15) is 40.7 Å². The second-order valence-corrected chi connectivity index (χ2v) is 8.31. The topological polar surface area (TPSA) is 59.9 Å². The van der Waals surface area contributed by atoms with Gasteiger partial charge in [0.2, 0.25) is 0 Å². The second-order valence-electron chi connectivity index (χ2n) is 8.31. The maximum absolute atomic E-state index is 12.1. The van der Waals surface area contributed by atoms with Crippen LogP contribution in [-0.2, 0) is 16.1 Å². The number of hydrogen-bond acceptors (Lipinski definition) is 5. The molecule has 1 aromatic rings. The zero-order chi connectivity index (χ0) is 22.3. The van der Waals surface area contributed by atoms with Crippen LogP contribution in [0.5, 0.6) is 0 Å². The zero-order valence-electron chi connectivity index (χ0n) is 18.7. The number of benzene rings is 1. The molecule has 3 aliphatic rings. The third-order valence-corrected chi connectivity index (χ3v) is 5.96. The molecule has 0 saturated carbocycles. The van der Waals surface area contributed by atoms with Crippen LogP contribution in [0.4, 0.5) is 0 Å². The van der Waals surface area contributed by atoms with Crippen LogP contribution in [0.3, 0.4) is 0 Å². The number of allylic oxidation sites excluding steroid dienone is 6. The predicted octanol–water partition coefficient (Wildman–Crippen LogP) is 4.96. The summed E-state index contributed by atoms with van der Waals surface area (Å²) in [6.07, 6.45) is 20.3. The molecule has 0 bridgehead atoms. The van der Waals surface area contributed by atoms with Gasteiger partial charge in [0.05, 0.1) is 37.6 Å². The summed E-state index contributed by atoms with van der Waals surface area (Å²) in [4.78, 5) is 16.6. The fourth-order valence-corrected chi connectivity index (χ4v) is 4.25. The summed E-state index contributed by atoms with van der Waals surface area (Å²) in [6, 6.07) is 6.05. The predicted molar refractivity (Wildman–Crippen MR) is 127 cm³/mol. The first-order chi connectivity index (χ1) is 15.6. The molecule has 1 N–H and O–H groups in total. The molecule has 0 saturated heterocycles. The summed E-state index contributed by atoms with van der Waals surface area (Å²) in [5.41, 5.74) is 5.87. The van der Waals surface area contributed by atoms with Gasteiger partial charge in [-0.25, -0.2) is 4.79 Å². The van der Waals surface area contributed by atoms with Crippen LogP contribution >= 0.6 is 0 Å². The van der Waals surface area contributed by atoms with Gasteiger partial charge in [-0.2, -0.15) is 0 Å². The van der Waals surface area contributed by atoms with E-state index in [-0.39, 0.29) is 5.97 Å². The van der Waals surface area contributed by atoms with Crippen molar-refractivity contribution in [3.63, 3.8) is 0 Å². The lowest BCUT2D eigenvalue weighted by Gasteiger charge is -2.25. The molecule has 0 radical (unpaired) electrons. The standard InChI is InChI=1S/C27H30N2O3/c1-19-7-5-10-22(26(19)27(30)31-2)17-32-18-24-15-20(16-28-24)8-6-11-23-14-13-21-9-3-4-12-25(21)29-23/h3-5,7,9-10,12-16,20,25,29H,6,8,11,17-18H2,1-2H3. The fraction of sp³-hybridized carbons (Fsp3) is 0.333. The van der Waals surface area contributed by atoms with Crippen molar-refractivity contribution in [2.45, 2.75) is 38.8 Å². The summed E-state index contributed by atoms with van der Waals surface area (Å²) >= 11 is 0. The van der Waals surface area contributed by atoms with E-state index >= 15 is 0 Å². The lowest BCUT2D eigenvalue weighted by molar-refractivity contribution is 0.0593. The van der Waals surface area contributed by atoms with Gasteiger partial charge in [-0.05, 0) is 49.0 Å². The van der Waals surface area contributed by atoms with Crippen LogP contribution in [0, 0.1) is 12.8 Å². The molecule has 4 rings (SSSR count). The number of nitrogens with zero attached hydrogens (tertiary/aromatic N) is 1. The molecule has 5 heteroatoms. The Bertz CT molecular complexity index is 1040. The average molecular weight is 431 g/mol. The Morgan fingerprint density at radius 2 is 2.09 bits per heavy atom. The first kappa shape index (κ1) is 22.0. The first-order valence-electron chi connectivity index (χ1n) is 11.2. The number of dihydropyridines is 1. The van der Waals surface area contributed by atoms with Gasteiger partial charge in [0.25, 0.3) is 0 Å². The molecular weight excluding hydrogens is 400 g/mol. The van der Waals surface area contributed by atoms with Crippen molar-refractivity contribution in [3.05, 3.63) is 94.4 Å². The van der Waals surface area contributed by atoms with Crippen molar-refractivity contribution in [3.8, 4) is 0 Å². The number of nitrogens with one attached hydrogen (secondary N) is 1. The Hall–Kier alpha value is -3.18. The summed E-state index contributed by atoms with van der Waals surface area (Å²) in [6.45, 7) is 2.69. The van der Waals surface area contributed by atoms with Crippen LogP contribution in [-0.4, -0.2) is 31.9 Å². The number of esters is 1. The highest BCUT2D eigenvalue weighted by molar-refractivity contribution is 5.92. The van der Waals surface area contributed by atoms with Crippen molar-refractivity contribution in [2.75, 3.05) is 13.7 Å². The average Bonchev–Trinajstić information content (AvgIpc) is 3.26. The molecule has 2 unspecified atom stereocenters. The van der Waals surface area contributed by atoms with E-state index in [2.05, 4.69) is 52.8 Å². The van der Waals surface area contributed by atoms with Crippen molar-refractivity contribution in [1.82, 2.24) is 5.32 Å². The largest absolute Gasteiger partial charge is 0.465 e. The lowest BCUT2D eigenvalue weighted by Crippen LogP contribution is -2.31. The molecule has 2 heterocycles. The molecule has 166 valence electrons. The summed E-state index contributed by atoms with van der Waals surface area (Å²) in [7, 11) is 1.40. The van der Waals surface area contributed by atoms with E-state index in [4.69, 9.17) is 9.47 Å². The Kier molecular flexibility index (Phi) is 7.17. The number of ether oxygens (including phenoxy) is 2. The molecule has 32 heavy (non-hydrogen) atoms. The molecular formula is C27H30N2O3. The van der Waals surface area contributed by atoms with E-state index in [1.165, 1.54) is 18.4 Å². The smallest absolute Gasteiger partial charge is 0.338 e. The number of carbonyl (C=O) groups excluding carboxylic acids is 1. The number of aliphatic imine (C=N–C) groups is 1. The van der Waals surface area contributed by atoms with Gasteiger partial charge < -0.3 is 14.8 Å². The van der Waals surface area contributed by atoms with Crippen molar-refractivity contribution >= 4 is 12.2 Å². The normalized spacial score (nSPS) is 20.9. The van der Waals surface area contributed by atoms with Crippen LogP contribution in [0.25, 0.3) is 0 Å². The highest BCUT2D eigenvalue weighted by atomic mass is 16.5. The Balaban J connectivity index is 1.22. The highest BCUT2D eigenvalue weighted by Crippen LogP contribution is 2.23. The number of carbonyl (C=O) groups is 1. The molecule has 2 atom stereocenters. The summed E-state index contributed by atoms with van der Waals surface area (Å²) in [5, 5.41) is 3.61. The minimum absolute atomic E-state index is 0.310. The molecule has 0 fully saturated rings. The van der Waals surface area contributed by atoms with Crippen LogP contribution < -0.4 is 5.32 Å². The minimum Gasteiger partial charge on any atom is -0.465 e. The molecule has 2 aliphatic heterocycles. The SMILES string of the molecule is COC(=O)c1c(C)cccc1COCC1=CC(CCCC2=CC=C3C=CC=CC3N2)C=N1. The minimum atomic E-state index is -0.329. The number of hydrogen-bond donors (Lipinski definition) is 1. The number of rotatable bonds is 9. The maximum Gasteiger partial charge on any atom is 0.338 e. The zero-order valence-corrected chi connectivity index (χ0v) is 18.7. The monoisotopic (exact) mass is 430 g/mol. The van der Waals surface area contributed by atoms with Crippen molar-refractivity contribution < 1.29 is 14.3 Å². The summed E-state index contributed by atoms with van der Waals surface area (Å²) < 4.78 is 10.8. The quantitative estimate of drug-likeness (QED) is 0.563. The molecule has 0 amide bonds. The lowest BCUT2D eigenvalue weighted by atomic mass is 9.96. The van der Waals surface area contributed by atoms with Crippen LogP contribution in [0.2, 0.25) is 0 Å². The van der Waals surface area contributed by atoms with Gasteiger partial charge in [-0.3, -0.25) is 4.99 Å². The third kappa shape index (κ3) is 5.35. The second kappa shape index (κ2) is 10.4. The number of fused-ring (bicyclic) bond motifs is 1. The van der Waals surface area contributed by atoms with Gasteiger partial charge in [0.15, 0.2) is 0 Å². The van der Waals surface area contributed by atoms with Crippen LogP contribution in [0.15, 0.2) is 82.7 Å². The molecule has 5 nitrogen and oxygen atoms in total. The van der Waals surface area contributed by atoms with E-state index in [1.54, 1.807) is 0 Å². The Morgan fingerprint density at radius 3 is 2.97 bits per heavy atom. The molecule has 1 aliphatic carbocycles. The van der Waals surface area contributed by atoms with Gasteiger partial charge in [0.1, 0.15) is 0 Å². The van der Waals surface area contributed by atoms with Crippen molar-refractivity contribution in [2.24, 2.45) is 10.9 Å². The van der Waals surface area contributed by atoms with E-state index in [9.17, 15) is 4.79 Å². The van der Waals surface area contributed by atoms with E-state index < -0.39 is 0 Å². The summed E-state index contributed by atoms with van der Waals surface area (Å²) in [5.74, 6) is 0.0242. The maximum atomic E-state index is 12.1. The van der Waals surface area contributed by atoms with E-state index in [0.717, 1.165) is 36.1 Å². The molecule has 0 spiro atoms. The number of methoxy groups -OCH3 is 1. The van der Waals surface area contributed by atoms with E-state index in [0.29, 0.717) is 30.7 Å². The van der Waals surface area contributed by atoms with Gasteiger partial charge >= 0.3 is 5.97 Å². The first-order valence-corrected chi connectivity index (χ1v) is 11.2. The Labute approximate surface area is 189 Å². The third-order valence-electron chi connectivity index (χ3n) is 5.96. The molecule has 1 aromatic carbocycles. The van der Waals surface area contributed by atoms with E-state index in [1.807, 2.05) is 31.3 Å². The van der Waals surface area contributed by atoms with Gasteiger partial charge in [-0.1, -0.05) is 54.7 Å². The van der Waals surface area contributed by atoms with Gasteiger partial charge in [0, 0.05) is 17.8 Å². The Morgan fingerprint density at radius 1 is 1.19 bits per heavy atom. The van der Waals surface area contributed by atoms with Gasteiger partial charge in [-0.15, -0.1) is 0 Å².